The van der Waals surface area contributed by atoms with Gasteiger partial charge in [0.05, 0.1) is 16.8 Å². The van der Waals surface area contributed by atoms with Crippen molar-refractivity contribution in [2.75, 3.05) is 18.4 Å². The van der Waals surface area contributed by atoms with Crippen LogP contribution in [0.1, 0.15) is 34.9 Å². The molecule has 1 aromatic heterocycles. The van der Waals surface area contributed by atoms with Crippen LogP contribution in [0.2, 0.25) is 5.02 Å². The summed E-state index contributed by atoms with van der Waals surface area (Å²) in [4.78, 5) is 12.3. The Morgan fingerprint density at radius 2 is 2.26 bits per heavy atom. The molecule has 0 radical (unpaired) electrons. The number of carbonyl (C=O) groups is 1. The van der Waals surface area contributed by atoms with Crippen LogP contribution in [-0.4, -0.2) is 28.8 Å². The maximum atomic E-state index is 12.3. The molecular formula is C16H20Cl2N4O. The highest BCUT2D eigenvalue weighted by Crippen LogP contribution is 2.23. The number of hydrogen-bond acceptors (Lipinski definition) is 3. The number of anilines is 1. The van der Waals surface area contributed by atoms with Crippen molar-refractivity contribution in [3.05, 3.63) is 46.7 Å². The zero-order valence-corrected chi connectivity index (χ0v) is 14.5. The van der Waals surface area contributed by atoms with Crippen molar-refractivity contribution in [2.45, 2.75) is 25.8 Å². The number of amides is 1. The van der Waals surface area contributed by atoms with E-state index in [0.717, 1.165) is 31.5 Å². The second-order valence-electron chi connectivity index (χ2n) is 5.62. The molecule has 23 heavy (non-hydrogen) atoms. The molecule has 2 aromatic rings. The Morgan fingerprint density at radius 1 is 1.43 bits per heavy atom. The summed E-state index contributed by atoms with van der Waals surface area (Å²) in [7, 11) is 0. The van der Waals surface area contributed by atoms with Gasteiger partial charge < -0.3 is 10.6 Å². The molecule has 7 heteroatoms. The normalized spacial score (nSPS) is 17.4. The average molecular weight is 355 g/mol. The third kappa shape index (κ3) is 4.25. The second kappa shape index (κ2) is 7.81. The molecule has 0 aliphatic carbocycles. The Kier molecular flexibility index (Phi) is 6.04. The van der Waals surface area contributed by atoms with Crippen LogP contribution in [-0.2, 0) is 0 Å². The van der Waals surface area contributed by atoms with E-state index in [4.69, 9.17) is 11.6 Å². The highest BCUT2D eigenvalue weighted by molar-refractivity contribution is 6.33. The van der Waals surface area contributed by atoms with E-state index >= 15 is 0 Å². The van der Waals surface area contributed by atoms with Gasteiger partial charge in [-0.15, -0.1) is 12.4 Å². The van der Waals surface area contributed by atoms with Gasteiger partial charge in [-0.05, 0) is 50.1 Å². The van der Waals surface area contributed by atoms with Crippen LogP contribution in [0.25, 0.3) is 0 Å². The molecule has 124 valence electrons. The molecule has 1 saturated heterocycles. The molecular weight excluding hydrogens is 335 g/mol. The van der Waals surface area contributed by atoms with Crippen LogP contribution in [0.5, 0.6) is 0 Å². The van der Waals surface area contributed by atoms with Crippen molar-refractivity contribution in [1.82, 2.24) is 15.1 Å². The predicted molar refractivity (Wildman–Crippen MR) is 94.8 cm³/mol. The average Bonchev–Trinajstić information content (AvgIpc) is 3.02. The van der Waals surface area contributed by atoms with Gasteiger partial charge in [-0.1, -0.05) is 17.7 Å². The summed E-state index contributed by atoms with van der Waals surface area (Å²) in [5, 5.41) is 11.1. The van der Waals surface area contributed by atoms with Crippen molar-refractivity contribution < 1.29 is 4.79 Å². The maximum absolute atomic E-state index is 12.3. The molecule has 1 aromatic carbocycles. The number of benzene rings is 1. The number of aromatic nitrogens is 2. The van der Waals surface area contributed by atoms with E-state index in [1.54, 1.807) is 12.1 Å². The van der Waals surface area contributed by atoms with E-state index in [1.165, 1.54) is 0 Å². The molecule has 0 saturated carbocycles. The van der Waals surface area contributed by atoms with Crippen molar-refractivity contribution in [1.29, 1.82) is 0 Å². The Morgan fingerprint density at radius 3 is 3.00 bits per heavy atom. The lowest BCUT2D eigenvalue weighted by atomic mass is 10.1. The number of nitrogens with zero attached hydrogens (tertiary/aromatic N) is 2. The van der Waals surface area contributed by atoms with Gasteiger partial charge in [0, 0.05) is 12.7 Å². The van der Waals surface area contributed by atoms with Crippen LogP contribution < -0.4 is 10.6 Å². The number of aryl methyl sites for hydroxylation is 1. The van der Waals surface area contributed by atoms with Gasteiger partial charge in [-0.3, -0.25) is 9.48 Å². The summed E-state index contributed by atoms with van der Waals surface area (Å²) in [5.74, 6) is -0.241. The summed E-state index contributed by atoms with van der Waals surface area (Å²) in [6.07, 6.45) is 4.08. The number of rotatable bonds is 3. The fourth-order valence-corrected chi connectivity index (χ4v) is 2.81. The number of nitrogens with one attached hydrogen (secondary N) is 2. The smallest absolute Gasteiger partial charge is 0.276 e. The second-order valence-corrected chi connectivity index (χ2v) is 6.03. The van der Waals surface area contributed by atoms with Crippen molar-refractivity contribution in [3.8, 4) is 0 Å². The summed E-state index contributed by atoms with van der Waals surface area (Å²) in [6, 6.07) is 7.59. The SMILES string of the molecule is Cc1ccc(Cl)c(NC(=O)c2ccn(C3CCCNC3)n2)c1.Cl. The van der Waals surface area contributed by atoms with E-state index in [2.05, 4.69) is 15.7 Å². The zero-order chi connectivity index (χ0) is 15.5. The monoisotopic (exact) mass is 354 g/mol. The Labute approximate surface area is 146 Å². The summed E-state index contributed by atoms with van der Waals surface area (Å²) >= 11 is 6.11. The molecule has 1 aliphatic heterocycles. The van der Waals surface area contributed by atoms with E-state index in [-0.39, 0.29) is 18.3 Å². The topological polar surface area (TPSA) is 59.0 Å². The molecule has 5 nitrogen and oxygen atoms in total. The lowest BCUT2D eigenvalue weighted by molar-refractivity contribution is 0.102. The molecule has 1 unspecified atom stereocenters. The molecule has 3 rings (SSSR count). The first kappa shape index (κ1) is 17.8. The number of halogens is 2. The van der Waals surface area contributed by atoms with Gasteiger partial charge in [0.15, 0.2) is 5.69 Å². The fraction of sp³-hybridized carbons (Fsp3) is 0.375. The number of piperidine rings is 1. The van der Waals surface area contributed by atoms with Crippen LogP contribution in [0.4, 0.5) is 5.69 Å². The minimum Gasteiger partial charge on any atom is -0.319 e. The van der Waals surface area contributed by atoms with E-state index in [1.807, 2.05) is 29.9 Å². The van der Waals surface area contributed by atoms with E-state index < -0.39 is 0 Å². The standard InChI is InChI=1S/C16H19ClN4O.ClH/c1-11-4-5-13(17)15(9-11)19-16(22)14-6-8-21(20-14)12-3-2-7-18-10-12;/h4-6,8-9,12,18H,2-3,7,10H2,1H3,(H,19,22);1H. The summed E-state index contributed by atoms with van der Waals surface area (Å²) < 4.78 is 1.87. The first-order valence-corrected chi connectivity index (χ1v) is 7.84. The van der Waals surface area contributed by atoms with Crippen LogP contribution in [0.3, 0.4) is 0 Å². The first-order valence-electron chi connectivity index (χ1n) is 7.47. The third-order valence-electron chi connectivity index (χ3n) is 3.86. The van der Waals surface area contributed by atoms with Gasteiger partial charge in [-0.25, -0.2) is 0 Å². The summed E-state index contributed by atoms with van der Waals surface area (Å²) in [5.41, 5.74) is 2.06. The minimum absolute atomic E-state index is 0. The molecule has 2 heterocycles. The Bertz CT molecular complexity index is 680. The molecule has 0 spiro atoms. The number of hydrogen-bond donors (Lipinski definition) is 2. The maximum Gasteiger partial charge on any atom is 0.276 e. The van der Waals surface area contributed by atoms with Gasteiger partial charge in [0.1, 0.15) is 0 Å². The highest BCUT2D eigenvalue weighted by atomic mass is 35.5. The molecule has 1 aliphatic rings. The largest absolute Gasteiger partial charge is 0.319 e. The van der Waals surface area contributed by atoms with Crippen molar-refractivity contribution in [2.24, 2.45) is 0 Å². The van der Waals surface area contributed by atoms with Gasteiger partial charge in [-0.2, -0.15) is 5.10 Å². The minimum atomic E-state index is -0.241. The van der Waals surface area contributed by atoms with Gasteiger partial charge >= 0.3 is 0 Å². The van der Waals surface area contributed by atoms with E-state index in [9.17, 15) is 4.79 Å². The molecule has 2 N–H and O–H groups in total. The predicted octanol–water partition coefficient (Wildman–Crippen LogP) is 3.44. The van der Waals surface area contributed by atoms with Gasteiger partial charge in [0.25, 0.3) is 5.91 Å². The lowest BCUT2D eigenvalue weighted by Gasteiger charge is -2.22. The molecule has 1 fully saturated rings. The molecule has 1 atom stereocenters. The molecule has 0 bridgehead atoms. The van der Waals surface area contributed by atoms with Crippen molar-refractivity contribution >= 4 is 35.6 Å². The van der Waals surface area contributed by atoms with Crippen molar-refractivity contribution in [3.63, 3.8) is 0 Å². The number of carbonyl (C=O) groups excluding carboxylic acids is 1. The fourth-order valence-electron chi connectivity index (χ4n) is 2.64. The van der Waals surface area contributed by atoms with E-state index in [0.29, 0.717) is 22.4 Å². The van der Waals surface area contributed by atoms with Crippen LogP contribution in [0.15, 0.2) is 30.5 Å². The molecule has 1 amide bonds. The Balaban J connectivity index is 0.00000192. The Hall–Kier alpha value is -1.56. The first-order chi connectivity index (χ1) is 10.6. The summed E-state index contributed by atoms with van der Waals surface area (Å²) in [6.45, 7) is 3.90. The highest BCUT2D eigenvalue weighted by Gasteiger charge is 2.18. The van der Waals surface area contributed by atoms with Crippen LogP contribution >= 0.6 is 24.0 Å². The lowest BCUT2D eigenvalue weighted by Crippen LogP contribution is -2.32. The zero-order valence-electron chi connectivity index (χ0n) is 12.9. The quantitative estimate of drug-likeness (QED) is 0.887. The third-order valence-corrected chi connectivity index (χ3v) is 4.19. The van der Waals surface area contributed by atoms with Crippen LogP contribution in [0, 0.1) is 6.92 Å². The van der Waals surface area contributed by atoms with Gasteiger partial charge in [0.2, 0.25) is 0 Å².